The van der Waals surface area contributed by atoms with Crippen LogP contribution in [0.1, 0.15) is 22.8 Å². The molecule has 1 atom stereocenters. The van der Waals surface area contributed by atoms with Gasteiger partial charge in [-0.1, -0.05) is 29.8 Å². The fourth-order valence-corrected chi connectivity index (χ4v) is 2.40. The van der Waals surface area contributed by atoms with Crippen molar-refractivity contribution in [2.45, 2.75) is 25.4 Å². The molecule has 1 unspecified atom stereocenters. The Bertz CT molecular complexity index is 866. The predicted molar refractivity (Wildman–Crippen MR) is 95.7 cm³/mol. The van der Waals surface area contributed by atoms with Gasteiger partial charge in [-0.25, -0.2) is 0 Å². The summed E-state index contributed by atoms with van der Waals surface area (Å²) in [5, 5.41) is 12.4. The molecule has 0 heterocycles. The summed E-state index contributed by atoms with van der Waals surface area (Å²) in [6.45, 7) is 1.50. The standard InChI is InChI=1S/C19H16ClF3N2O3/c1-18(11-24,12-27-10-14-4-2-3-5-16(14)20)25-17(26)13-6-8-15(9-7-13)28-19(21,22)23/h2-9H,10,12H2,1H3,(H,25,26). The molecule has 2 rings (SSSR count). The Morgan fingerprint density at radius 2 is 1.82 bits per heavy atom. The van der Waals surface area contributed by atoms with E-state index in [1.165, 1.54) is 19.1 Å². The first-order chi connectivity index (χ1) is 13.1. The molecule has 148 valence electrons. The smallest absolute Gasteiger partial charge is 0.406 e. The topological polar surface area (TPSA) is 71.3 Å². The molecule has 0 saturated heterocycles. The van der Waals surface area contributed by atoms with E-state index >= 15 is 0 Å². The van der Waals surface area contributed by atoms with Crippen LogP contribution in [0.4, 0.5) is 13.2 Å². The predicted octanol–water partition coefficient (Wildman–Crippen LogP) is 4.47. The minimum atomic E-state index is -4.82. The molecule has 0 fully saturated rings. The van der Waals surface area contributed by atoms with Gasteiger partial charge in [0.25, 0.3) is 5.91 Å². The highest BCUT2D eigenvalue weighted by atomic mass is 35.5. The lowest BCUT2D eigenvalue weighted by Crippen LogP contribution is -2.48. The van der Waals surface area contributed by atoms with E-state index in [0.717, 1.165) is 17.7 Å². The summed E-state index contributed by atoms with van der Waals surface area (Å²) in [4.78, 5) is 12.3. The zero-order chi connectivity index (χ0) is 20.8. The highest BCUT2D eigenvalue weighted by molar-refractivity contribution is 6.31. The highest BCUT2D eigenvalue weighted by Gasteiger charge is 2.31. The van der Waals surface area contributed by atoms with Gasteiger partial charge in [-0.3, -0.25) is 4.79 Å². The largest absolute Gasteiger partial charge is 0.573 e. The molecule has 0 aliphatic heterocycles. The molecule has 2 aromatic rings. The van der Waals surface area contributed by atoms with Gasteiger partial charge in [0.05, 0.1) is 19.3 Å². The van der Waals surface area contributed by atoms with Gasteiger partial charge < -0.3 is 14.8 Å². The van der Waals surface area contributed by atoms with E-state index in [9.17, 15) is 23.2 Å². The molecule has 2 aromatic carbocycles. The van der Waals surface area contributed by atoms with Crippen LogP contribution in [0.25, 0.3) is 0 Å². The minimum absolute atomic E-state index is 0.0714. The third-order valence-electron chi connectivity index (χ3n) is 3.59. The lowest BCUT2D eigenvalue weighted by atomic mass is 10.1. The number of alkyl halides is 3. The summed E-state index contributed by atoms with van der Waals surface area (Å²) in [6, 6.07) is 13.4. The van der Waals surface area contributed by atoms with Crippen LogP contribution in [0.5, 0.6) is 5.75 Å². The van der Waals surface area contributed by atoms with Crippen LogP contribution < -0.4 is 10.1 Å². The molecule has 0 aliphatic carbocycles. The summed E-state index contributed by atoms with van der Waals surface area (Å²) in [5.41, 5.74) is -0.544. The van der Waals surface area contributed by atoms with Gasteiger partial charge in [0, 0.05) is 10.6 Å². The van der Waals surface area contributed by atoms with E-state index in [2.05, 4.69) is 10.1 Å². The molecule has 5 nitrogen and oxygen atoms in total. The van der Waals surface area contributed by atoms with Gasteiger partial charge >= 0.3 is 6.36 Å². The summed E-state index contributed by atoms with van der Waals surface area (Å²) in [6.07, 6.45) is -4.82. The van der Waals surface area contributed by atoms with Crippen LogP contribution in [0.2, 0.25) is 5.02 Å². The summed E-state index contributed by atoms with van der Waals surface area (Å²) in [7, 11) is 0. The van der Waals surface area contributed by atoms with E-state index in [1.54, 1.807) is 24.3 Å². The first-order valence-electron chi connectivity index (χ1n) is 8.03. The van der Waals surface area contributed by atoms with Gasteiger partial charge in [-0.2, -0.15) is 5.26 Å². The van der Waals surface area contributed by atoms with Gasteiger partial charge in [-0.15, -0.1) is 13.2 Å². The van der Waals surface area contributed by atoms with E-state index in [1.807, 2.05) is 6.07 Å². The van der Waals surface area contributed by atoms with Gasteiger partial charge in [0.15, 0.2) is 0 Å². The maximum Gasteiger partial charge on any atom is 0.573 e. The summed E-state index contributed by atoms with van der Waals surface area (Å²) < 4.78 is 45.8. The van der Waals surface area contributed by atoms with Crippen LogP contribution in [0.15, 0.2) is 48.5 Å². The zero-order valence-electron chi connectivity index (χ0n) is 14.7. The average molecular weight is 413 g/mol. The van der Waals surface area contributed by atoms with E-state index in [4.69, 9.17) is 16.3 Å². The second-order valence-electron chi connectivity index (χ2n) is 6.05. The molecule has 1 N–H and O–H groups in total. The van der Waals surface area contributed by atoms with Crippen molar-refractivity contribution in [2.75, 3.05) is 6.61 Å². The van der Waals surface area contributed by atoms with Crippen molar-refractivity contribution < 1.29 is 27.4 Å². The number of carbonyl (C=O) groups excluding carboxylic acids is 1. The zero-order valence-corrected chi connectivity index (χ0v) is 15.5. The first kappa shape index (κ1) is 21.5. The molecule has 1 amide bonds. The van der Waals surface area contributed by atoms with E-state index in [-0.39, 0.29) is 18.8 Å². The van der Waals surface area contributed by atoms with E-state index in [0.29, 0.717) is 5.02 Å². The maximum absolute atomic E-state index is 12.3. The van der Waals surface area contributed by atoms with Gasteiger partial charge in [0.1, 0.15) is 11.3 Å². The number of benzene rings is 2. The molecule has 0 aliphatic rings. The highest BCUT2D eigenvalue weighted by Crippen LogP contribution is 2.23. The molecule has 0 bridgehead atoms. The molecule has 0 saturated carbocycles. The Hall–Kier alpha value is -2.76. The first-order valence-corrected chi connectivity index (χ1v) is 8.40. The number of halogens is 4. The van der Waals surface area contributed by atoms with Crippen molar-refractivity contribution in [1.82, 2.24) is 5.32 Å². The second-order valence-corrected chi connectivity index (χ2v) is 6.46. The van der Waals surface area contributed by atoms with Crippen LogP contribution in [0, 0.1) is 11.3 Å². The SMILES string of the molecule is CC(C#N)(COCc1ccccc1Cl)NC(=O)c1ccc(OC(F)(F)F)cc1. The fraction of sp³-hybridized carbons (Fsp3) is 0.263. The fourth-order valence-electron chi connectivity index (χ4n) is 2.21. The van der Waals surface area contributed by atoms with Crippen molar-refractivity contribution in [3.63, 3.8) is 0 Å². The van der Waals surface area contributed by atoms with Crippen molar-refractivity contribution >= 4 is 17.5 Å². The Morgan fingerprint density at radius 3 is 2.39 bits per heavy atom. The molecule has 0 aromatic heterocycles. The number of hydrogen-bond donors (Lipinski definition) is 1. The van der Waals surface area contributed by atoms with Crippen molar-refractivity contribution in [1.29, 1.82) is 5.26 Å². The molecular weight excluding hydrogens is 397 g/mol. The lowest BCUT2D eigenvalue weighted by Gasteiger charge is -2.23. The Balaban J connectivity index is 1.95. The molecular formula is C19H16ClF3N2O3. The van der Waals surface area contributed by atoms with Gasteiger partial charge in [0.2, 0.25) is 0 Å². The molecule has 28 heavy (non-hydrogen) atoms. The number of hydrogen-bond acceptors (Lipinski definition) is 4. The number of amides is 1. The van der Waals surface area contributed by atoms with Crippen LogP contribution in [-0.4, -0.2) is 24.4 Å². The molecule has 9 heteroatoms. The maximum atomic E-state index is 12.3. The normalized spacial score (nSPS) is 13.3. The summed E-state index contributed by atoms with van der Waals surface area (Å²) in [5.74, 6) is -1.08. The van der Waals surface area contributed by atoms with Crippen LogP contribution in [0.3, 0.4) is 0 Å². The second kappa shape index (κ2) is 8.95. The lowest BCUT2D eigenvalue weighted by molar-refractivity contribution is -0.274. The molecule has 0 spiro atoms. The number of carbonyl (C=O) groups is 1. The third-order valence-corrected chi connectivity index (χ3v) is 3.96. The monoisotopic (exact) mass is 412 g/mol. The Kier molecular flexibility index (Phi) is 6.89. The van der Waals surface area contributed by atoms with Crippen LogP contribution >= 0.6 is 11.6 Å². The van der Waals surface area contributed by atoms with Crippen molar-refractivity contribution in [3.8, 4) is 11.8 Å². The van der Waals surface area contributed by atoms with Crippen LogP contribution in [-0.2, 0) is 11.3 Å². The minimum Gasteiger partial charge on any atom is -0.406 e. The van der Waals surface area contributed by atoms with E-state index < -0.39 is 23.6 Å². The Labute approximate surface area is 164 Å². The van der Waals surface area contributed by atoms with Crippen molar-refractivity contribution in [2.24, 2.45) is 0 Å². The number of nitrogens with zero attached hydrogens (tertiary/aromatic N) is 1. The average Bonchev–Trinajstić information content (AvgIpc) is 2.62. The number of nitriles is 1. The Morgan fingerprint density at radius 1 is 1.18 bits per heavy atom. The number of rotatable bonds is 7. The quantitative estimate of drug-likeness (QED) is 0.728. The number of nitrogens with one attached hydrogen (secondary N) is 1. The number of ether oxygens (including phenoxy) is 2. The van der Waals surface area contributed by atoms with Crippen molar-refractivity contribution in [3.05, 3.63) is 64.7 Å². The molecule has 0 radical (unpaired) electrons. The van der Waals surface area contributed by atoms with Gasteiger partial charge in [-0.05, 0) is 42.8 Å². The third kappa shape index (κ3) is 6.44. The summed E-state index contributed by atoms with van der Waals surface area (Å²) >= 11 is 6.03.